The molecule has 1 aliphatic rings. The van der Waals surface area contributed by atoms with E-state index in [1.165, 1.54) is 5.56 Å². The first-order valence-corrected chi connectivity index (χ1v) is 10.3. The van der Waals surface area contributed by atoms with Gasteiger partial charge in [0.25, 0.3) is 0 Å². The second-order valence-electron chi connectivity index (χ2n) is 6.85. The maximum absolute atomic E-state index is 6.39. The summed E-state index contributed by atoms with van der Waals surface area (Å²) in [6.07, 6.45) is 0. The van der Waals surface area contributed by atoms with Crippen LogP contribution in [0, 0.1) is 0 Å². The predicted octanol–water partition coefficient (Wildman–Crippen LogP) is 4.30. The standard InChI is InChI=1S/C21H22ClN3OS/c22-16-6-8-18(9-7-16)26-13-21-24-17(14-27-21)10-25-11-19(20(23)12-25)15-4-2-1-3-5-15/h1-9,14,19-20H,10-13,23H2/t19-,20+/m0/s1. The second kappa shape index (κ2) is 8.40. The molecule has 2 heterocycles. The van der Waals surface area contributed by atoms with Gasteiger partial charge < -0.3 is 10.5 Å². The molecule has 4 rings (SSSR count). The van der Waals surface area contributed by atoms with E-state index in [2.05, 4.69) is 34.5 Å². The molecule has 0 radical (unpaired) electrons. The van der Waals surface area contributed by atoms with Gasteiger partial charge in [-0.2, -0.15) is 0 Å². The molecule has 0 amide bonds. The molecular weight excluding hydrogens is 378 g/mol. The number of ether oxygens (including phenoxy) is 1. The Morgan fingerprint density at radius 2 is 1.89 bits per heavy atom. The largest absolute Gasteiger partial charge is 0.486 e. The minimum atomic E-state index is 0.166. The molecule has 3 aromatic rings. The Morgan fingerprint density at radius 3 is 2.67 bits per heavy atom. The normalized spacial score (nSPS) is 20.1. The van der Waals surface area contributed by atoms with Crippen molar-refractivity contribution in [2.45, 2.75) is 25.1 Å². The van der Waals surface area contributed by atoms with Crippen LogP contribution in [-0.2, 0) is 13.2 Å². The van der Waals surface area contributed by atoms with Gasteiger partial charge in [-0.15, -0.1) is 11.3 Å². The molecule has 6 heteroatoms. The van der Waals surface area contributed by atoms with E-state index in [1.807, 2.05) is 30.3 Å². The molecule has 1 aromatic heterocycles. The average Bonchev–Trinajstić information content (AvgIpc) is 3.28. The summed E-state index contributed by atoms with van der Waals surface area (Å²) in [7, 11) is 0. The molecular formula is C21H22ClN3OS. The quantitative estimate of drug-likeness (QED) is 0.671. The summed E-state index contributed by atoms with van der Waals surface area (Å²) in [6, 6.07) is 18.1. The lowest BCUT2D eigenvalue weighted by Crippen LogP contribution is -2.28. The summed E-state index contributed by atoms with van der Waals surface area (Å²) in [5.41, 5.74) is 8.80. The Bertz CT molecular complexity index is 869. The first kappa shape index (κ1) is 18.4. The number of nitrogens with zero attached hydrogens (tertiary/aromatic N) is 2. The number of aromatic nitrogens is 1. The third-order valence-corrected chi connectivity index (χ3v) is 5.95. The van der Waals surface area contributed by atoms with Crippen molar-refractivity contribution in [1.82, 2.24) is 9.88 Å². The van der Waals surface area contributed by atoms with Gasteiger partial charge in [-0.1, -0.05) is 41.9 Å². The number of thiazole rings is 1. The highest BCUT2D eigenvalue weighted by Gasteiger charge is 2.31. The zero-order chi connectivity index (χ0) is 18.6. The van der Waals surface area contributed by atoms with Crippen LogP contribution in [0.2, 0.25) is 5.02 Å². The maximum Gasteiger partial charge on any atom is 0.140 e. The number of nitrogens with two attached hydrogens (primary N) is 1. The topological polar surface area (TPSA) is 51.4 Å². The van der Waals surface area contributed by atoms with Crippen LogP contribution in [0.25, 0.3) is 0 Å². The van der Waals surface area contributed by atoms with Gasteiger partial charge in [-0.3, -0.25) is 4.90 Å². The first-order chi connectivity index (χ1) is 13.2. The lowest BCUT2D eigenvalue weighted by atomic mass is 9.95. The van der Waals surface area contributed by atoms with Gasteiger partial charge in [-0.05, 0) is 29.8 Å². The van der Waals surface area contributed by atoms with E-state index >= 15 is 0 Å². The highest BCUT2D eigenvalue weighted by atomic mass is 35.5. The van der Waals surface area contributed by atoms with Crippen LogP contribution < -0.4 is 10.5 Å². The molecule has 0 unspecified atom stereocenters. The van der Waals surface area contributed by atoms with E-state index in [-0.39, 0.29) is 6.04 Å². The van der Waals surface area contributed by atoms with Crippen LogP contribution >= 0.6 is 22.9 Å². The van der Waals surface area contributed by atoms with Crippen LogP contribution in [0.15, 0.2) is 60.0 Å². The molecule has 0 aliphatic carbocycles. The smallest absolute Gasteiger partial charge is 0.140 e. The van der Waals surface area contributed by atoms with Crippen molar-refractivity contribution >= 4 is 22.9 Å². The van der Waals surface area contributed by atoms with E-state index in [9.17, 15) is 0 Å². The molecule has 2 aromatic carbocycles. The van der Waals surface area contributed by atoms with Crippen molar-refractivity contribution in [1.29, 1.82) is 0 Å². The molecule has 1 aliphatic heterocycles. The minimum Gasteiger partial charge on any atom is -0.486 e. The summed E-state index contributed by atoms with van der Waals surface area (Å²) in [5.74, 6) is 1.19. The Morgan fingerprint density at radius 1 is 1.11 bits per heavy atom. The molecule has 0 spiro atoms. The average molecular weight is 400 g/mol. The van der Waals surface area contributed by atoms with E-state index in [1.54, 1.807) is 11.3 Å². The van der Waals surface area contributed by atoms with Crippen molar-refractivity contribution in [3.05, 3.63) is 81.3 Å². The van der Waals surface area contributed by atoms with Gasteiger partial charge in [0.1, 0.15) is 17.4 Å². The van der Waals surface area contributed by atoms with Gasteiger partial charge in [0, 0.05) is 42.0 Å². The van der Waals surface area contributed by atoms with Gasteiger partial charge in [0.2, 0.25) is 0 Å². The number of likely N-dealkylation sites (tertiary alicyclic amines) is 1. The van der Waals surface area contributed by atoms with E-state index in [0.29, 0.717) is 17.5 Å². The molecule has 0 bridgehead atoms. The summed E-state index contributed by atoms with van der Waals surface area (Å²) in [4.78, 5) is 7.10. The molecule has 140 valence electrons. The first-order valence-electron chi connectivity index (χ1n) is 9.02. The Labute approximate surface area is 168 Å². The SMILES string of the molecule is N[C@@H]1CN(Cc2csc(COc3ccc(Cl)cc3)n2)C[C@H]1c1ccccc1. The van der Waals surface area contributed by atoms with Crippen molar-refractivity contribution in [3.63, 3.8) is 0 Å². The highest BCUT2D eigenvalue weighted by Crippen LogP contribution is 2.27. The van der Waals surface area contributed by atoms with E-state index in [0.717, 1.165) is 36.1 Å². The fourth-order valence-corrected chi connectivity index (χ4v) is 4.31. The summed E-state index contributed by atoms with van der Waals surface area (Å²) in [5, 5.41) is 3.79. The van der Waals surface area contributed by atoms with E-state index < -0.39 is 0 Å². The highest BCUT2D eigenvalue weighted by molar-refractivity contribution is 7.09. The number of hydrogen-bond donors (Lipinski definition) is 1. The van der Waals surface area contributed by atoms with Crippen LogP contribution in [0.4, 0.5) is 0 Å². The van der Waals surface area contributed by atoms with Crippen molar-refractivity contribution in [2.75, 3.05) is 13.1 Å². The van der Waals surface area contributed by atoms with Gasteiger partial charge in [-0.25, -0.2) is 4.98 Å². The van der Waals surface area contributed by atoms with Crippen LogP contribution in [-0.4, -0.2) is 29.0 Å². The summed E-state index contributed by atoms with van der Waals surface area (Å²) >= 11 is 7.53. The van der Waals surface area contributed by atoms with Gasteiger partial charge >= 0.3 is 0 Å². The fraction of sp³-hybridized carbons (Fsp3) is 0.286. The molecule has 27 heavy (non-hydrogen) atoms. The summed E-state index contributed by atoms with van der Waals surface area (Å²) in [6.45, 7) is 3.17. The van der Waals surface area contributed by atoms with Crippen LogP contribution in [0.1, 0.15) is 22.2 Å². The lowest BCUT2D eigenvalue weighted by Gasteiger charge is -2.15. The van der Waals surface area contributed by atoms with Gasteiger partial charge in [0.05, 0.1) is 5.69 Å². The predicted molar refractivity (Wildman–Crippen MR) is 110 cm³/mol. The number of rotatable bonds is 6. The third-order valence-electron chi connectivity index (χ3n) is 4.83. The molecule has 1 saturated heterocycles. The molecule has 4 nitrogen and oxygen atoms in total. The zero-order valence-corrected chi connectivity index (χ0v) is 16.5. The number of hydrogen-bond acceptors (Lipinski definition) is 5. The van der Waals surface area contributed by atoms with Gasteiger partial charge in [0.15, 0.2) is 0 Å². The summed E-state index contributed by atoms with van der Waals surface area (Å²) < 4.78 is 5.78. The number of benzene rings is 2. The zero-order valence-electron chi connectivity index (χ0n) is 14.9. The second-order valence-corrected chi connectivity index (χ2v) is 8.23. The Kier molecular flexibility index (Phi) is 5.74. The van der Waals surface area contributed by atoms with Crippen molar-refractivity contribution in [2.24, 2.45) is 5.73 Å². The molecule has 1 fully saturated rings. The molecule has 2 atom stereocenters. The molecule has 2 N–H and O–H groups in total. The van der Waals surface area contributed by atoms with Crippen molar-refractivity contribution < 1.29 is 4.74 Å². The van der Waals surface area contributed by atoms with Crippen LogP contribution in [0.3, 0.4) is 0 Å². The Balaban J connectivity index is 1.32. The van der Waals surface area contributed by atoms with Crippen molar-refractivity contribution in [3.8, 4) is 5.75 Å². The minimum absolute atomic E-state index is 0.166. The molecule has 0 saturated carbocycles. The Hall–Kier alpha value is -1.92. The number of halogens is 1. The van der Waals surface area contributed by atoms with E-state index in [4.69, 9.17) is 27.1 Å². The third kappa shape index (κ3) is 4.68. The van der Waals surface area contributed by atoms with Crippen LogP contribution in [0.5, 0.6) is 5.75 Å². The monoisotopic (exact) mass is 399 g/mol. The lowest BCUT2D eigenvalue weighted by molar-refractivity contribution is 0.302. The maximum atomic E-state index is 6.39. The fourth-order valence-electron chi connectivity index (χ4n) is 3.49.